The van der Waals surface area contributed by atoms with Gasteiger partial charge in [-0.3, -0.25) is 14.6 Å². The van der Waals surface area contributed by atoms with Gasteiger partial charge in [0.15, 0.2) is 5.78 Å². The van der Waals surface area contributed by atoms with Crippen LogP contribution in [0.1, 0.15) is 48.6 Å². The Labute approximate surface area is 167 Å². The highest BCUT2D eigenvalue weighted by molar-refractivity contribution is 6.02. The van der Waals surface area contributed by atoms with Crippen LogP contribution in [-0.4, -0.2) is 21.8 Å². The van der Waals surface area contributed by atoms with E-state index in [4.69, 9.17) is 0 Å². The molecule has 0 amide bonds. The number of aromatic nitrogens is 1. The Hall–Kier alpha value is -2.91. The zero-order valence-corrected chi connectivity index (χ0v) is 15.8. The van der Waals surface area contributed by atoms with Crippen molar-refractivity contribution in [2.75, 3.05) is 0 Å². The van der Waals surface area contributed by atoms with E-state index < -0.39 is 58.7 Å². The summed E-state index contributed by atoms with van der Waals surface area (Å²) in [7, 11) is 0. The highest BCUT2D eigenvalue weighted by atomic mass is 19.4. The lowest BCUT2D eigenvalue weighted by atomic mass is 9.79. The van der Waals surface area contributed by atoms with Crippen LogP contribution in [0, 0.1) is 5.41 Å². The van der Waals surface area contributed by atoms with Crippen molar-refractivity contribution >= 4 is 11.8 Å². The van der Waals surface area contributed by atoms with Gasteiger partial charge in [-0.25, -0.2) is 0 Å². The van der Waals surface area contributed by atoms with Gasteiger partial charge < -0.3 is 5.11 Å². The van der Waals surface area contributed by atoms with Crippen molar-refractivity contribution in [3.05, 3.63) is 65.0 Å². The normalized spacial score (nSPS) is 13.7. The first-order valence-corrected chi connectivity index (χ1v) is 8.61. The monoisotopic (exact) mass is 433 g/mol. The summed E-state index contributed by atoms with van der Waals surface area (Å²) in [5, 5.41) is 9.23. The third-order valence-corrected chi connectivity index (χ3v) is 4.74. The fourth-order valence-electron chi connectivity index (χ4n) is 2.77. The zero-order chi connectivity index (χ0) is 22.9. The number of ketones is 1. The molecule has 0 radical (unpaired) electrons. The van der Waals surface area contributed by atoms with Crippen molar-refractivity contribution in [2.45, 2.75) is 38.5 Å². The molecule has 0 unspecified atom stereocenters. The minimum atomic E-state index is -4.83. The molecule has 0 aliphatic heterocycles. The van der Waals surface area contributed by atoms with E-state index in [2.05, 4.69) is 4.98 Å². The maximum absolute atomic E-state index is 13.5. The number of Topliss-reactive ketones (excluding diaryl/α,β-unsaturated/α-hetero) is 1. The summed E-state index contributed by atoms with van der Waals surface area (Å²) in [5.41, 5.74) is -4.67. The Bertz CT molecular complexity index is 933. The molecule has 0 fully saturated rings. The first-order valence-electron chi connectivity index (χ1n) is 8.61. The van der Waals surface area contributed by atoms with Crippen molar-refractivity contribution in [3.63, 3.8) is 0 Å². The number of pyridine rings is 1. The fraction of sp³-hybridized carbons (Fsp3) is 0.350. The van der Waals surface area contributed by atoms with Crippen molar-refractivity contribution in [2.24, 2.45) is 5.41 Å². The highest BCUT2D eigenvalue weighted by Crippen LogP contribution is 2.40. The smallest absolute Gasteiger partial charge is 0.418 e. The van der Waals surface area contributed by atoms with Gasteiger partial charge in [-0.05, 0) is 43.7 Å². The lowest BCUT2D eigenvalue weighted by Gasteiger charge is -2.24. The Kier molecular flexibility index (Phi) is 6.29. The highest BCUT2D eigenvalue weighted by Gasteiger charge is 2.41. The first kappa shape index (κ1) is 23.4. The largest absolute Gasteiger partial charge is 0.481 e. The van der Waals surface area contributed by atoms with Crippen molar-refractivity contribution < 1.29 is 41.0 Å². The van der Waals surface area contributed by atoms with Crippen LogP contribution in [-0.2, 0) is 21.9 Å². The summed E-state index contributed by atoms with van der Waals surface area (Å²) < 4.78 is 78.9. The topological polar surface area (TPSA) is 67.3 Å². The van der Waals surface area contributed by atoms with Gasteiger partial charge in [0.2, 0.25) is 0 Å². The molecule has 0 aliphatic rings. The lowest BCUT2D eigenvalue weighted by Crippen LogP contribution is -2.34. The second-order valence-corrected chi connectivity index (χ2v) is 7.16. The quantitative estimate of drug-likeness (QED) is 0.495. The van der Waals surface area contributed by atoms with E-state index >= 15 is 0 Å². The molecular formula is C20H17F6NO3. The van der Waals surface area contributed by atoms with E-state index in [9.17, 15) is 41.0 Å². The van der Waals surface area contributed by atoms with E-state index in [0.29, 0.717) is 12.1 Å². The molecule has 1 aromatic carbocycles. The SMILES string of the molecule is CC(C)(C(=O)O)C(=O)C[C@@H](c1ccc(C(F)(F)F)cc1)c1ncccc1C(F)(F)F. The van der Waals surface area contributed by atoms with Crippen LogP contribution in [0.5, 0.6) is 0 Å². The van der Waals surface area contributed by atoms with Gasteiger partial charge in [-0.15, -0.1) is 0 Å². The molecule has 0 saturated carbocycles. The Balaban J connectivity index is 2.60. The molecule has 1 atom stereocenters. The zero-order valence-electron chi connectivity index (χ0n) is 15.8. The third kappa shape index (κ3) is 4.98. The molecule has 10 heteroatoms. The number of carbonyl (C=O) groups is 2. The minimum absolute atomic E-state index is 0.0262. The van der Waals surface area contributed by atoms with Gasteiger partial charge in [0, 0.05) is 18.5 Å². The number of carbonyl (C=O) groups excluding carboxylic acids is 1. The lowest BCUT2D eigenvalue weighted by molar-refractivity contribution is -0.153. The van der Waals surface area contributed by atoms with Crippen molar-refractivity contribution in [3.8, 4) is 0 Å². The van der Waals surface area contributed by atoms with Gasteiger partial charge in [0.25, 0.3) is 0 Å². The summed E-state index contributed by atoms with van der Waals surface area (Å²) in [6.45, 7) is 2.20. The van der Waals surface area contributed by atoms with E-state index in [0.717, 1.165) is 44.3 Å². The van der Waals surface area contributed by atoms with Gasteiger partial charge in [0.1, 0.15) is 5.41 Å². The minimum Gasteiger partial charge on any atom is -0.481 e. The summed E-state index contributed by atoms with van der Waals surface area (Å²) >= 11 is 0. The molecule has 1 heterocycles. The predicted molar refractivity (Wildman–Crippen MR) is 93.6 cm³/mol. The van der Waals surface area contributed by atoms with E-state index in [1.54, 1.807) is 0 Å². The van der Waals surface area contributed by atoms with Crippen LogP contribution in [0.4, 0.5) is 26.3 Å². The van der Waals surface area contributed by atoms with Crippen LogP contribution in [0.3, 0.4) is 0 Å². The number of carboxylic acids is 1. The van der Waals surface area contributed by atoms with Gasteiger partial charge in [-0.1, -0.05) is 12.1 Å². The first-order chi connectivity index (χ1) is 13.7. The molecule has 162 valence electrons. The van der Waals surface area contributed by atoms with Gasteiger partial charge in [-0.2, -0.15) is 26.3 Å². The molecule has 1 N–H and O–H groups in total. The Morgan fingerprint density at radius 2 is 1.53 bits per heavy atom. The average molecular weight is 433 g/mol. The number of benzene rings is 1. The molecule has 2 aromatic rings. The van der Waals surface area contributed by atoms with E-state index in [-0.39, 0.29) is 5.56 Å². The molecule has 0 saturated heterocycles. The molecule has 0 spiro atoms. The number of rotatable bonds is 6. The number of hydrogen-bond donors (Lipinski definition) is 1. The molecule has 2 rings (SSSR count). The number of carboxylic acid groups (broad SMARTS) is 1. The number of hydrogen-bond acceptors (Lipinski definition) is 3. The summed E-state index contributed by atoms with van der Waals surface area (Å²) in [5.74, 6) is -3.76. The summed E-state index contributed by atoms with van der Waals surface area (Å²) in [6.07, 6.45) is -9.12. The third-order valence-electron chi connectivity index (χ3n) is 4.74. The fourth-order valence-corrected chi connectivity index (χ4v) is 2.77. The standard InChI is InChI=1S/C20H17F6NO3/c1-18(2,17(29)30)15(28)10-13(11-5-7-12(8-6-11)19(21,22)23)16-14(20(24,25)26)4-3-9-27-16/h3-9,13H,10H2,1-2H3,(H,29,30)/t13-/m0/s1. The van der Waals surface area contributed by atoms with Crippen LogP contribution >= 0.6 is 0 Å². The number of aliphatic carboxylic acids is 1. The second kappa shape index (κ2) is 8.08. The molecule has 4 nitrogen and oxygen atoms in total. The Morgan fingerprint density at radius 3 is 2.00 bits per heavy atom. The summed E-state index contributed by atoms with van der Waals surface area (Å²) in [4.78, 5) is 27.7. The summed E-state index contributed by atoms with van der Waals surface area (Å²) in [6, 6.07) is 5.08. The van der Waals surface area contributed by atoms with Crippen LogP contribution in [0.15, 0.2) is 42.6 Å². The van der Waals surface area contributed by atoms with E-state index in [1.807, 2.05) is 0 Å². The van der Waals surface area contributed by atoms with Crippen LogP contribution in [0.25, 0.3) is 0 Å². The van der Waals surface area contributed by atoms with Crippen LogP contribution < -0.4 is 0 Å². The van der Waals surface area contributed by atoms with E-state index in [1.165, 1.54) is 0 Å². The number of alkyl halides is 6. The number of halogens is 6. The van der Waals surface area contributed by atoms with Crippen molar-refractivity contribution in [1.29, 1.82) is 0 Å². The molecule has 0 aliphatic carbocycles. The predicted octanol–water partition coefficient (Wildman–Crippen LogP) is 5.32. The molecule has 0 bridgehead atoms. The average Bonchev–Trinajstić information content (AvgIpc) is 2.64. The molecular weight excluding hydrogens is 416 g/mol. The maximum atomic E-state index is 13.5. The van der Waals surface area contributed by atoms with Crippen LogP contribution in [0.2, 0.25) is 0 Å². The van der Waals surface area contributed by atoms with Gasteiger partial charge in [0.05, 0.1) is 16.8 Å². The van der Waals surface area contributed by atoms with Crippen molar-refractivity contribution in [1.82, 2.24) is 4.98 Å². The van der Waals surface area contributed by atoms with Gasteiger partial charge >= 0.3 is 18.3 Å². The second-order valence-electron chi connectivity index (χ2n) is 7.16. The number of nitrogens with zero attached hydrogens (tertiary/aromatic N) is 1. The molecule has 30 heavy (non-hydrogen) atoms. The Morgan fingerprint density at radius 1 is 0.967 bits per heavy atom. The molecule has 1 aromatic heterocycles. The maximum Gasteiger partial charge on any atom is 0.418 e.